The van der Waals surface area contributed by atoms with Crippen molar-refractivity contribution in [3.8, 4) is 0 Å². The lowest BCUT2D eigenvalue weighted by Gasteiger charge is -2.13. The van der Waals surface area contributed by atoms with E-state index in [9.17, 15) is 22.0 Å². The summed E-state index contributed by atoms with van der Waals surface area (Å²) in [7, 11) is 0. The molecular formula is C8H6ClF5N2. The monoisotopic (exact) mass is 260 g/mol. The Labute approximate surface area is 92.2 Å². The fourth-order valence-corrected chi connectivity index (χ4v) is 1.31. The lowest BCUT2D eigenvalue weighted by Crippen LogP contribution is -2.15. The molecule has 1 rings (SSSR count). The first-order valence-electron chi connectivity index (χ1n) is 4.02. The zero-order chi connectivity index (χ0) is 12.5. The number of nitrogens with zero attached hydrogens (tertiary/aromatic N) is 1. The summed E-state index contributed by atoms with van der Waals surface area (Å²) in [5, 5.41) is -0.300. The minimum Gasteiger partial charge on any atom is -0.325 e. The quantitative estimate of drug-likeness (QED) is 0.830. The van der Waals surface area contributed by atoms with Gasteiger partial charge in [-0.15, -0.1) is 0 Å². The third-order valence-corrected chi connectivity index (χ3v) is 2.10. The fourth-order valence-electron chi connectivity index (χ4n) is 1.08. The molecule has 0 saturated carbocycles. The molecule has 0 aliphatic carbocycles. The molecule has 0 fully saturated rings. The SMILES string of the molecule is NCc1nc(C(F)(F)F)c(C(F)F)cc1Cl. The number of halogens is 6. The lowest BCUT2D eigenvalue weighted by molar-refractivity contribution is -0.143. The molecule has 0 unspecified atom stereocenters. The summed E-state index contributed by atoms with van der Waals surface area (Å²) in [4.78, 5) is 3.02. The summed E-state index contributed by atoms with van der Waals surface area (Å²) in [6.07, 6.45) is -8.26. The molecule has 0 amide bonds. The number of rotatable bonds is 2. The number of aromatic nitrogens is 1. The Kier molecular flexibility index (Phi) is 3.69. The van der Waals surface area contributed by atoms with E-state index in [-0.39, 0.29) is 17.3 Å². The minimum absolute atomic E-state index is 0.265. The Morgan fingerprint density at radius 3 is 2.31 bits per heavy atom. The molecule has 2 nitrogen and oxygen atoms in total. The summed E-state index contributed by atoms with van der Waals surface area (Å²) in [6, 6.07) is 0.546. The predicted molar refractivity (Wildman–Crippen MR) is 47.1 cm³/mol. The van der Waals surface area contributed by atoms with Crippen molar-refractivity contribution < 1.29 is 22.0 Å². The van der Waals surface area contributed by atoms with Crippen molar-refractivity contribution in [1.29, 1.82) is 0 Å². The van der Waals surface area contributed by atoms with Gasteiger partial charge in [-0.1, -0.05) is 11.6 Å². The average molecular weight is 261 g/mol. The van der Waals surface area contributed by atoms with Crippen molar-refractivity contribution in [1.82, 2.24) is 4.98 Å². The molecule has 1 aromatic rings. The molecule has 1 heterocycles. The van der Waals surface area contributed by atoms with Crippen LogP contribution in [0.15, 0.2) is 6.07 Å². The number of alkyl halides is 5. The van der Waals surface area contributed by atoms with Crippen LogP contribution in [-0.2, 0) is 12.7 Å². The predicted octanol–water partition coefficient (Wildman–Crippen LogP) is 3.15. The van der Waals surface area contributed by atoms with Gasteiger partial charge in [0.2, 0.25) is 0 Å². The number of hydrogen-bond donors (Lipinski definition) is 1. The van der Waals surface area contributed by atoms with Gasteiger partial charge in [0.15, 0.2) is 5.69 Å². The second-order valence-corrected chi connectivity index (χ2v) is 3.26. The number of hydrogen-bond acceptors (Lipinski definition) is 2. The molecule has 0 saturated heterocycles. The van der Waals surface area contributed by atoms with Crippen molar-refractivity contribution in [2.45, 2.75) is 19.1 Å². The molecule has 0 aliphatic heterocycles. The van der Waals surface area contributed by atoms with E-state index in [2.05, 4.69) is 4.98 Å². The van der Waals surface area contributed by atoms with Gasteiger partial charge in [0.05, 0.1) is 16.3 Å². The van der Waals surface area contributed by atoms with Crippen LogP contribution < -0.4 is 5.73 Å². The Morgan fingerprint density at radius 2 is 1.94 bits per heavy atom. The van der Waals surface area contributed by atoms with Gasteiger partial charge < -0.3 is 5.73 Å². The molecule has 0 bridgehead atoms. The number of nitrogens with two attached hydrogens (primary N) is 1. The highest BCUT2D eigenvalue weighted by atomic mass is 35.5. The van der Waals surface area contributed by atoms with Crippen LogP contribution in [0.3, 0.4) is 0 Å². The van der Waals surface area contributed by atoms with Crippen LogP contribution in [0.5, 0.6) is 0 Å². The minimum atomic E-state index is -4.96. The van der Waals surface area contributed by atoms with E-state index in [4.69, 9.17) is 17.3 Å². The van der Waals surface area contributed by atoms with Crippen molar-refractivity contribution in [3.05, 3.63) is 28.0 Å². The Morgan fingerprint density at radius 1 is 1.38 bits per heavy atom. The maximum atomic E-state index is 12.4. The van der Waals surface area contributed by atoms with E-state index >= 15 is 0 Å². The standard InChI is InChI=1S/C8H6ClF5N2/c9-4-1-3(7(10)11)6(8(12,13)14)16-5(4)2-15/h1,7H,2,15H2. The van der Waals surface area contributed by atoms with Gasteiger partial charge >= 0.3 is 6.18 Å². The van der Waals surface area contributed by atoms with Crippen LogP contribution in [0, 0.1) is 0 Å². The van der Waals surface area contributed by atoms with E-state index in [0.717, 1.165) is 0 Å². The molecule has 16 heavy (non-hydrogen) atoms. The summed E-state index contributed by atoms with van der Waals surface area (Å²) in [5.74, 6) is 0. The van der Waals surface area contributed by atoms with Gasteiger partial charge in [0.1, 0.15) is 0 Å². The number of pyridine rings is 1. The highest BCUT2D eigenvalue weighted by Gasteiger charge is 2.38. The summed E-state index contributed by atoms with van der Waals surface area (Å²) < 4.78 is 61.8. The molecule has 0 spiro atoms. The van der Waals surface area contributed by atoms with Crippen LogP contribution >= 0.6 is 11.6 Å². The Hall–Kier alpha value is -0.950. The van der Waals surface area contributed by atoms with Crippen LogP contribution in [0.1, 0.15) is 23.4 Å². The van der Waals surface area contributed by atoms with Crippen molar-refractivity contribution in [2.75, 3.05) is 0 Å². The Bertz CT molecular complexity index is 391. The second kappa shape index (κ2) is 4.50. The van der Waals surface area contributed by atoms with Crippen LogP contribution in [0.4, 0.5) is 22.0 Å². The van der Waals surface area contributed by atoms with E-state index < -0.39 is 23.9 Å². The first-order chi connectivity index (χ1) is 7.27. The van der Waals surface area contributed by atoms with E-state index in [1.54, 1.807) is 0 Å². The molecule has 0 aromatic carbocycles. The van der Waals surface area contributed by atoms with Gasteiger partial charge in [-0.2, -0.15) is 13.2 Å². The molecule has 0 atom stereocenters. The van der Waals surface area contributed by atoms with Gasteiger partial charge in [-0.05, 0) is 6.07 Å². The lowest BCUT2D eigenvalue weighted by atomic mass is 10.1. The maximum absolute atomic E-state index is 12.4. The molecule has 0 aliphatic rings. The van der Waals surface area contributed by atoms with Gasteiger partial charge in [-0.25, -0.2) is 13.8 Å². The first kappa shape index (κ1) is 13.1. The molecule has 90 valence electrons. The van der Waals surface area contributed by atoms with Crippen molar-refractivity contribution in [2.24, 2.45) is 5.73 Å². The first-order valence-corrected chi connectivity index (χ1v) is 4.40. The molecule has 8 heteroatoms. The Balaban J connectivity index is 3.43. The largest absolute Gasteiger partial charge is 0.433 e. The normalized spacial score (nSPS) is 12.2. The van der Waals surface area contributed by atoms with Crippen molar-refractivity contribution in [3.63, 3.8) is 0 Å². The maximum Gasteiger partial charge on any atom is 0.433 e. The van der Waals surface area contributed by atoms with Crippen molar-refractivity contribution >= 4 is 11.6 Å². The van der Waals surface area contributed by atoms with Gasteiger partial charge in [0.25, 0.3) is 6.43 Å². The average Bonchev–Trinajstić information content (AvgIpc) is 2.15. The highest BCUT2D eigenvalue weighted by molar-refractivity contribution is 6.31. The third-order valence-electron chi connectivity index (χ3n) is 1.78. The molecule has 2 N–H and O–H groups in total. The highest BCUT2D eigenvalue weighted by Crippen LogP contribution is 2.36. The second-order valence-electron chi connectivity index (χ2n) is 2.86. The molecule has 0 radical (unpaired) electrons. The molecule has 1 aromatic heterocycles. The zero-order valence-corrected chi connectivity index (χ0v) is 8.41. The summed E-state index contributed by atoms with van der Waals surface area (Å²) in [5.41, 5.74) is 1.93. The summed E-state index contributed by atoms with van der Waals surface area (Å²) >= 11 is 5.45. The zero-order valence-electron chi connectivity index (χ0n) is 7.65. The van der Waals surface area contributed by atoms with E-state index in [1.165, 1.54) is 0 Å². The third kappa shape index (κ3) is 2.59. The summed E-state index contributed by atoms with van der Waals surface area (Å²) in [6.45, 7) is -0.356. The van der Waals surface area contributed by atoms with Crippen LogP contribution in [-0.4, -0.2) is 4.98 Å². The van der Waals surface area contributed by atoms with E-state index in [0.29, 0.717) is 6.07 Å². The topological polar surface area (TPSA) is 38.9 Å². The molecular weight excluding hydrogens is 255 g/mol. The van der Waals surface area contributed by atoms with Crippen LogP contribution in [0.2, 0.25) is 5.02 Å². The van der Waals surface area contributed by atoms with E-state index in [1.807, 2.05) is 0 Å². The smallest absolute Gasteiger partial charge is 0.325 e. The van der Waals surface area contributed by atoms with Crippen LogP contribution in [0.25, 0.3) is 0 Å². The van der Waals surface area contributed by atoms with Gasteiger partial charge in [0, 0.05) is 6.54 Å². The fraction of sp³-hybridized carbons (Fsp3) is 0.375. The van der Waals surface area contributed by atoms with Gasteiger partial charge in [-0.3, -0.25) is 0 Å².